The molecule has 0 fully saturated rings. The van der Waals surface area contributed by atoms with Crippen LogP contribution in [0.5, 0.6) is 5.75 Å². The van der Waals surface area contributed by atoms with E-state index < -0.39 is 5.92 Å². The number of rotatable bonds is 7. The fourth-order valence-corrected chi connectivity index (χ4v) is 2.77. The van der Waals surface area contributed by atoms with Crippen LogP contribution in [0.2, 0.25) is 0 Å². The van der Waals surface area contributed by atoms with E-state index >= 15 is 0 Å². The molecule has 4 heteroatoms. The van der Waals surface area contributed by atoms with Crippen LogP contribution in [0, 0.1) is 11.3 Å². The van der Waals surface area contributed by atoms with Gasteiger partial charge in [0.05, 0.1) is 11.6 Å². The molecule has 0 saturated carbocycles. The first kappa shape index (κ1) is 18.2. The Labute approximate surface area is 158 Å². The Balaban J connectivity index is 1.60. The molecule has 0 radical (unpaired) electrons. The molecule has 0 aliphatic carbocycles. The van der Waals surface area contributed by atoms with Gasteiger partial charge in [-0.25, -0.2) is 0 Å². The number of nitriles is 1. The lowest BCUT2D eigenvalue weighted by Crippen LogP contribution is -2.20. The number of esters is 1. The largest absolute Gasteiger partial charge is 0.490 e. The third kappa shape index (κ3) is 4.96. The van der Waals surface area contributed by atoms with Crippen molar-refractivity contribution < 1.29 is 14.3 Å². The van der Waals surface area contributed by atoms with Gasteiger partial charge < -0.3 is 9.47 Å². The topological polar surface area (TPSA) is 59.3 Å². The van der Waals surface area contributed by atoms with Crippen LogP contribution in [0.15, 0.2) is 84.9 Å². The van der Waals surface area contributed by atoms with Crippen LogP contribution >= 0.6 is 0 Å². The van der Waals surface area contributed by atoms with Crippen molar-refractivity contribution in [1.82, 2.24) is 0 Å². The maximum atomic E-state index is 12.7. The van der Waals surface area contributed by atoms with Crippen molar-refractivity contribution in [2.45, 2.75) is 5.92 Å². The minimum Gasteiger partial charge on any atom is -0.490 e. The zero-order valence-corrected chi connectivity index (χ0v) is 14.7. The van der Waals surface area contributed by atoms with Crippen molar-refractivity contribution in [2.24, 2.45) is 0 Å². The average Bonchev–Trinajstić information content (AvgIpc) is 2.73. The number of carbonyl (C=O) groups excluding carboxylic acids is 1. The Morgan fingerprint density at radius 3 is 1.89 bits per heavy atom. The lowest BCUT2D eigenvalue weighted by atomic mass is 9.91. The second kappa shape index (κ2) is 9.21. The molecule has 0 saturated heterocycles. The number of nitrogens with zero attached hydrogens (tertiary/aromatic N) is 1. The molecule has 3 rings (SSSR count). The molecule has 0 aliphatic rings. The van der Waals surface area contributed by atoms with E-state index in [0.717, 1.165) is 11.1 Å². The van der Waals surface area contributed by atoms with Gasteiger partial charge in [0.1, 0.15) is 24.9 Å². The van der Waals surface area contributed by atoms with Crippen LogP contribution in [0.4, 0.5) is 0 Å². The molecule has 0 aliphatic heterocycles. The predicted molar refractivity (Wildman–Crippen MR) is 102 cm³/mol. The van der Waals surface area contributed by atoms with Crippen LogP contribution in [-0.4, -0.2) is 19.2 Å². The van der Waals surface area contributed by atoms with E-state index in [2.05, 4.69) is 6.07 Å². The highest BCUT2D eigenvalue weighted by Gasteiger charge is 2.23. The number of carbonyl (C=O) groups is 1. The Bertz CT molecular complexity index is 860. The molecule has 3 aromatic rings. The molecule has 134 valence electrons. The first-order chi connectivity index (χ1) is 13.3. The normalized spacial score (nSPS) is 10.2. The maximum Gasteiger partial charge on any atom is 0.318 e. The standard InChI is InChI=1S/C23H19NO3/c24-17-18-11-13-21(14-12-18)26-15-16-27-23(25)22(19-7-3-1-4-8-19)20-9-5-2-6-10-20/h1-14,22H,15-16H2. The zero-order valence-electron chi connectivity index (χ0n) is 14.7. The van der Waals surface area contributed by atoms with E-state index in [0.29, 0.717) is 11.3 Å². The van der Waals surface area contributed by atoms with Crippen LogP contribution in [0.25, 0.3) is 0 Å². The summed E-state index contributed by atoms with van der Waals surface area (Å²) in [6.45, 7) is 0.392. The van der Waals surface area contributed by atoms with E-state index in [1.165, 1.54) is 0 Å². The third-order valence-electron chi connectivity index (χ3n) is 4.08. The summed E-state index contributed by atoms with van der Waals surface area (Å²) in [6.07, 6.45) is 0. The van der Waals surface area contributed by atoms with Gasteiger partial charge in [0.15, 0.2) is 0 Å². The molecular weight excluding hydrogens is 338 g/mol. The summed E-state index contributed by atoms with van der Waals surface area (Å²) in [4.78, 5) is 12.7. The highest BCUT2D eigenvalue weighted by atomic mass is 16.6. The molecule has 0 unspecified atom stereocenters. The third-order valence-corrected chi connectivity index (χ3v) is 4.08. The summed E-state index contributed by atoms with van der Waals surface area (Å²) in [5, 5.41) is 8.80. The van der Waals surface area contributed by atoms with E-state index in [1.807, 2.05) is 60.7 Å². The Kier molecular flexibility index (Phi) is 6.21. The molecule has 4 nitrogen and oxygen atoms in total. The fourth-order valence-electron chi connectivity index (χ4n) is 2.77. The number of hydrogen-bond acceptors (Lipinski definition) is 4. The number of benzene rings is 3. The van der Waals surface area contributed by atoms with Gasteiger partial charge in [-0.2, -0.15) is 5.26 Å². The Morgan fingerprint density at radius 2 is 1.37 bits per heavy atom. The summed E-state index contributed by atoms with van der Waals surface area (Å²) in [5.41, 5.74) is 2.35. The van der Waals surface area contributed by atoms with Crippen LogP contribution < -0.4 is 4.74 Å². The molecule has 0 heterocycles. The fraction of sp³-hybridized carbons (Fsp3) is 0.130. The monoisotopic (exact) mass is 357 g/mol. The van der Waals surface area contributed by atoms with Crippen molar-refractivity contribution in [3.63, 3.8) is 0 Å². The lowest BCUT2D eigenvalue weighted by molar-refractivity contribution is -0.145. The number of ether oxygens (including phenoxy) is 2. The van der Waals surface area contributed by atoms with Gasteiger partial charge in [0.2, 0.25) is 0 Å². The van der Waals surface area contributed by atoms with Gasteiger partial charge in [0.25, 0.3) is 0 Å². The van der Waals surface area contributed by atoms with E-state index in [-0.39, 0.29) is 19.2 Å². The summed E-state index contributed by atoms with van der Waals surface area (Å²) >= 11 is 0. The van der Waals surface area contributed by atoms with Crippen molar-refractivity contribution >= 4 is 5.97 Å². The molecule has 0 atom stereocenters. The van der Waals surface area contributed by atoms with Gasteiger partial charge >= 0.3 is 5.97 Å². The van der Waals surface area contributed by atoms with E-state index in [9.17, 15) is 4.79 Å². The highest BCUT2D eigenvalue weighted by Crippen LogP contribution is 2.25. The summed E-state index contributed by atoms with van der Waals surface area (Å²) in [5.74, 6) is -0.147. The smallest absolute Gasteiger partial charge is 0.318 e. The number of hydrogen-bond donors (Lipinski definition) is 0. The van der Waals surface area contributed by atoms with Gasteiger partial charge in [-0.3, -0.25) is 4.79 Å². The molecule has 0 aromatic heterocycles. The van der Waals surface area contributed by atoms with Gasteiger partial charge in [0, 0.05) is 0 Å². The quantitative estimate of drug-likeness (QED) is 0.467. The van der Waals surface area contributed by atoms with Gasteiger partial charge in [-0.1, -0.05) is 60.7 Å². The van der Waals surface area contributed by atoms with E-state index in [1.54, 1.807) is 24.3 Å². The van der Waals surface area contributed by atoms with Crippen LogP contribution in [-0.2, 0) is 9.53 Å². The van der Waals surface area contributed by atoms with Gasteiger partial charge in [-0.15, -0.1) is 0 Å². The lowest BCUT2D eigenvalue weighted by Gasteiger charge is -2.17. The highest BCUT2D eigenvalue weighted by molar-refractivity contribution is 5.82. The van der Waals surface area contributed by atoms with Crippen LogP contribution in [0.1, 0.15) is 22.6 Å². The molecule has 27 heavy (non-hydrogen) atoms. The summed E-state index contributed by atoms with van der Waals surface area (Å²) < 4.78 is 11.0. The first-order valence-electron chi connectivity index (χ1n) is 8.67. The van der Waals surface area contributed by atoms with Crippen molar-refractivity contribution in [1.29, 1.82) is 5.26 Å². The van der Waals surface area contributed by atoms with Crippen molar-refractivity contribution in [3.05, 3.63) is 102 Å². The minimum absolute atomic E-state index is 0.148. The molecule has 0 spiro atoms. The Hall–Kier alpha value is -3.58. The predicted octanol–water partition coefficient (Wildman–Crippen LogP) is 4.31. The minimum atomic E-state index is -0.470. The molecule has 3 aromatic carbocycles. The molecule has 0 N–H and O–H groups in total. The Morgan fingerprint density at radius 1 is 0.815 bits per heavy atom. The SMILES string of the molecule is N#Cc1ccc(OCCOC(=O)C(c2ccccc2)c2ccccc2)cc1. The van der Waals surface area contributed by atoms with E-state index in [4.69, 9.17) is 14.7 Å². The summed E-state index contributed by atoms with van der Waals surface area (Å²) in [6, 6.07) is 28.0. The van der Waals surface area contributed by atoms with Crippen molar-refractivity contribution in [3.8, 4) is 11.8 Å². The molecule has 0 bridgehead atoms. The van der Waals surface area contributed by atoms with Gasteiger partial charge in [-0.05, 0) is 35.4 Å². The molecule has 0 amide bonds. The second-order valence-corrected chi connectivity index (χ2v) is 5.91. The average molecular weight is 357 g/mol. The second-order valence-electron chi connectivity index (χ2n) is 5.91. The maximum absolute atomic E-state index is 12.7. The van der Waals surface area contributed by atoms with Crippen molar-refractivity contribution in [2.75, 3.05) is 13.2 Å². The zero-order chi connectivity index (χ0) is 18.9. The first-order valence-corrected chi connectivity index (χ1v) is 8.67. The van der Waals surface area contributed by atoms with Crippen LogP contribution in [0.3, 0.4) is 0 Å². The summed E-state index contributed by atoms with van der Waals surface area (Å²) in [7, 11) is 0. The molecular formula is C23H19NO3.